The zero-order valence-corrected chi connectivity index (χ0v) is 18.4. The van der Waals surface area contributed by atoms with Crippen LogP contribution in [0.25, 0.3) is 5.76 Å². The lowest BCUT2D eigenvalue weighted by Gasteiger charge is -2.25. The number of amides is 1. The number of ether oxygens (including phenoxy) is 1. The number of aliphatic hydroxyl groups is 1. The fourth-order valence-electron chi connectivity index (χ4n) is 4.06. The molecule has 0 bridgehead atoms. The third-order valence-corrected chi connectivity index (χ3v) is 5.79. The average molecular weight is 458 g/mol. The number of hydrogen-bond acceptors (Lipinski definition) is 6. The average Bonchev–Trinajstić information content (AvgIpc) is 3.12. The number of hydrogen-bond donors (Lipinski definition) is 1. The minimum absolute atomic E-state index is 0.0693. The van der Waals surface area contributed by atoms with Crippen LogP contribution in [0.1, 0.15) is 22.7 Å². The summed E-state index contributed by atoms with van der Waals surface area (Å²) >= 11 is 0. The summed E-state index contributed by atoms with van der Waals surface area (Å²) in [7, 11) is 1.48. The van der Waals surface area contributed by atoms with E-state index in [4.69, 9.17) is 4.74 Å². The third-order valence-electron chi connectivity index (χ3n) is 5.79. The Hall–Kier alpha value is -4.46. The maximum atomic E-state index is 13.1. The number of benzene rings is 3. The van der Waals surface area contributed by atoms with Crippen molar-refractivity contribution in [2.75, 3.05) is 13.7 Å². The number of methoxy groups -OCH3 is 1. The van der Waals surface area contributed by atoms with Crippen LogP contribution in [-0.2, 0) is 16.0 Å². The minimum atomic E-state index is -0.893. The number of likely N-dealkylation sites (tertiary alicyclic amines) is 1. The van der Waals surface area contributed by atoms with E-state index in [9.17, 15) is 24.8 Å². The predicted octanol–water partition coefficient (Wildman–Crippen LogP) is 4.27. The number of carbonyl (C=O) groups excluding carboxylic acids is 2. The van der Waals surface area contributed by atoms with E-state index in [1.54, 1.807) is 24.3 Å². The first-order valence-electron chi connectivity index (χ1n) is 10.6. The van der Waals surface area contributed by atoms with Crippen molar-refractivity contribution in [2.24, 2.45) is 0 Å². The summed E-state index contributed by atoms with van der Waals surface area (Å²) in [6.45, 7) is 0.227. The van der Waals surface area contributed by atoms with Crippen molar-refractivity contribution in [1.82, 2.24) is 4.90 Å². The molecule has 3 aromatic rings. The van der Waals surface area contributed by atoms with E-state index in [0.717, 1.165) is 5.56 Å². The van der Waals surface area contributed by atoms with Gasteiger partial charge in [-0.05, 0) is 41.8 Å². The maximum Gasteiger partial charge on any atom is 0.295 e. The van der Waals surface area contributed by atoms with Gasteiger partial charge in [0, 0.05) is 24.2 Å². The molecule has 1 saturated heterocycles. The van der Waals surface area contributed by atoms with Gasteiger partial charge in [0.15, 0.2) is 0 Å². The molecule has 0 saturated carbocycles. The predicted molar refractivity (Wildman–Crippen MR) is 125 cm³/mol. The summed E-state index contributed by atoms with van der Waals surface area (Å²) in [4.78, 5) is 38.1. The van der Waals surface area contributed by atoms with Gasteiger partial charge >= 0.3 is 0 Å². The van der Waals surface area contributed by atoms with E-state index in [0.29, 0.717) is 23.3 Å². The van der Waals surface area contributed by atoms with Crippen molar-refractivity contribution in [1.29, 1.82) is 0 Å². The summed E-state index contributed by atoms with van der Waals surface area (Å²) < 4.78 is 5.21. The van der Waals surface area contributed by atoms with Crippen LogP contribution in [0.15, 0.2) is 84.4 Å². The molecule has 1 N–H and O–H groups in total. The molecule has 172 valence electrons. The highest BCUT2D eigenvalue weighted by Gasteiger charge is 2.45. The topological polar surface area (TPSA) is 110 Å². The second-order valence-electron chi connectivity index (χ2n) is 7.81. The van der Waals surface area contributed by atoms with Crippen LogP contribution in [0.5, 0.6) is 5.75 Å². The second kappa shape index (κ2) is 9.58. The van der Waals surface area contributed by atoms with Crippen molar-refractivity contribution in [2.45, 2.75) is 12.5 Å². The first kappa shape index (κ1) is 22.7. The number of non-ortho nitro benzene ring substituents is 1. The Kier molecular flexibility index (Phi) is 6.40. The Morgan fingerprint density at radius 2 is 1.74 bits per heavy atom. The summed E-state index contributed by atoms with van der Waals surface area (Å²) in [5, 5.41) is 22.2. The smallest absolute Gasteiger partial charge is 0.295 e. The molecule has 3 aromatic carbocycles. The highest BCUT2D eigenvalue weighted by atomic mass is 16.6. The van der Waals surface area contributed by atoms with Crippen molar-refractivity contribution >= 4 is 23.1 Å². The molecule has 34 heavy (non-hydrogen) atoms. The normalized spacial score (nSPS) is 17.1. The number of nitro groups is 1. The van der Waals surface area contributed by atoms with Gasteiger partial charge in [0.2, 0.25) is 0 Å². The van der Waals surface area contributed by atoms with E-state index in [1.165, 1.54) is 36.3 Å². The van der Waals surface area contributed by atoms with Gasteiger partial charge in [0.05, 0.1) is 23.6 Å². The zero-order valence-electron chi connectivity index (χ0n) is 18.4. The number of nitrogens with zero attached hydrogens (tertiary/aromatic N) is 2. The minimum Gasteiger partial charge on any atom is -0.507 e. The third kappa shape index (κ3) is 4.38. The van der Waals surface area contributed by atoms with Crippen molar-refractivity contribution < 1.29 is 24.4 Å². The lowest BCUT2D eigenvalue weighted by molar-refractivity contribution is -0.384. The quantitative estimate of drug-likeness (QED) is 0.186. The highest BCUT2D eigenvalue weighted by Crippen LogP contribution is 2.40. The van der Waals surface area contributed by atoms with Gasteiger partial charge in [-0.2, -0.15) is 0 Å². The van der Waals surface area contributed by atoms with Crippen molar-refractivity contribution in [3.05, 3.63) is 111 Å². The molecule has 0 aromatic heterocycles. The van der Waals surface area contributed by atoms with Gasteiger partial charge in [0.1, 0.15) is 11.5 Å². The van der Waals surface area contributed by atoms with Crippen molar-refractivity contribution in [3.8, 4) is 5.75 Å². The summed E-state index contributed by atoms with van der Waals surface area (Å²) in [5.74, 6) is -1.39. The van der Waals surface area contributed by atoms with Crippen LogP contribution in [0, 0.1) is 10.1 Å². The highest BCUT2D eigenvalue weighted by molar-refractivity contribution is 6.46. The fraction of sp³-hybridized carbons (Fsp3) is 0.154. The molecule has 0 spiro atoms. The van der Waals surface area contributed by atoms with Crippen LogP contribution in [0.4, 0.5) is 5.69 Å². The van der Waals surface area contributed by atoms with Gasteiger partial charge in [-0.1, -0.05) is 42.5 Å². The fourth-order valence-corrected chi connectivity index (χ4v) is 4.06. The van der Waals surface area contributed by atoms with E-state index in [-0.39, 0.29) is 23.6 Å². The molecule has 8 heteroatoms. The van der Waals surface area contributed by atoms with Gasteiger partial charge in [-0.15, -0.1) is 0 Å². The molecule has 1 unspecified atom stereocenters. The first-order valence-corrected chi connectivity index (χ1v) is 10.6. The second-order valence-corrected chi connectivity index (χ2v) is 7.81. The monoisotopic (exact) mass is 458 g/mol. The SMILES string of the molecule is COc1cccc(C(O)=C2C(=O)C(=O)N(CCc3ccccc3)C2c2ccc([N+](=O)[O-])cc2)c1. The van der Waals surface area contributed by atoms with Crippen LogP contribution in [0.3, 0.4) is 0 Å². The standard InChI is InChI=1S/C26H22N2O6/c1-34-21-9-5-8-19(16-21)24(29)22-23(18-10-12-20(13-11-18)28(32)33)27(26(31)25(22)30)15-14-17-6-3-2-4-7-17/h2-13,16,23,29H,14-15H2,1H3. The maximum absolute atomic E-state index is 13.1. The van der Waals surface area contributed by atoms with Gasteiger partial charge in [-0.25, -0.2) is 0 Å². The molecule has 1 amide bonds. The van der Waals surface area contributed by atoms with Gasteiger partial charge in [-0.3, -0.25) is 19.7 Å². The Morgan fingerprint density at radius 3 is 2.38 bits per heavy atom. The first-order chi connectivity index (χ1) is 16.4. The molecule has 1 fully saturated rings. The number of ketones is 1. The number of aliphatic hydroxyl groups excluding tert-OH is 1. The van der Waals surface area contributed by atoms with E-state index in [1.807, 2.05) is 30.3 Å². The van der Waals surface area contributed by atoms with Crippen LogP contribution >= 0.6 is 0 Å². The Bertz CT molecular complexity index is 1270. The number of Topliss-reactive ketones (excluding diaryl/α,β-unsaturated/α-hetero) is 1. The van der Waals surface area contributed by atoms with Crippen LogP contribution in [0.2, 0.25) is 0 Å². The van der Waals surface area contributed by atoms with Gasteiger partial charge in [0.25, 0.3) is 17.4 Å². The Labute approximate surface area is 195 Å². The Morgan fingerprint density at radius 1 is 1.03 bits per heavy atom. The van der Waals surface area contributed by atoms with E-state index in [2.05, 4.69) is 0 Å². The van der Waals surface area contributed by atoms with Crippen molar-refractivity contribution in [3.63, 3.8) is 0 Å². The molecule has 4 rings (SSSR count). The van der Waals surface area contributed by atoms with Gasteiger partial charge < -0.3 is 14.7 Å². The summed E-state index contributed by atoms with van der Waals surface area (Å²) in [5.41, 5.74) is 1.62. The number of carbonyl (C=O) groups is 2. The molecular weight excluding hydrogens is 436 g/mol. The zero-order chi connectivity index (χ0) is 24.2. The van der Waals surface area contributed by atoms with E-state index >= 15 is 0 Å². The lowest BCUT2D eigenvalue weighted by Crippen LogP contribution is -2.31. The summed E-state index contributed by atoms with van der Waals surface area (Å²) in [6, 6.07) is 20.8. The van der Waals surface area contributed by atoms with E-state index < -0.39 is 22.7 Å². The van der Waals surface area contributed by atoms with Crippen LogP contribution in [-0.4, -0.2) is 40.3 Å². The molecule has 1 heterocycles. The lowest BCUT2D eigenvalue weighted by atomic mass is 9.95. The summed E-state index contributed by atoms with van der Waals surface area (Å²) in [6.07, 6.45) is 0.497. The largest absolute Gasteiger partial charge is 0.507 e. The molecule has 0 radical (unpaired) electrons. The molecule has 1 aliphatic rings. The molecule has 1 aliphatic heterocycles. The Balaban J connectivity index is 1.80. The van der Waals surface area contributed by atoms with Crippen LogP contribution < -0.4 is 4.74 Å². The number of rotatable bonds is 7. The molecular formula is C26H22N2O6. The molecule has 0 aliphatic carbocycles. The molecule has 1 atom stereocenters. The number of nitro benzene ring substituents is 1. The molecule has 8 nitrogen and oxygen atoms in total.